The van der Waals surface area contributed by atoms with Crippen LogP contribution >= 0.6 is 0 Å². The van der Waals surface area contributed by atoms with Crippen LogP contribution in [0.2, 0.25) is 0 Å². The minimum atomic E-state index is -0.980. The predicted octanol–water partition coefficient (Wildman–Crippen LogP) is 3.09. The lowest BCUT2D eigenvalue weighted by Crippen LogP contribution is -2.53. The second kappa shape index (κ2) is 6.89. The van der Waals surface area contributed by atoms with Gasteiger partial charge in [-0.1, -0.05) is 18.2 Å². The summed E-state index contributed by atoms with van der Waals surface area (Å²) in [7, 11) is 0. The summed E-state index contributed by atoms with van der Waals surface area (Å²) in [4.78, 5) is 26.6. The number of nitrogens with one attached hydrogen (secondary N) is 1. The van der Waals surface area contributed by atoms with Crippen LogP contribution in [0.3, 0.4) is 0 Å². The Morgan fingerprint density at radius 1 is 1.23 bits per heavy atom. The van der Waals surface area contributed by atoms with Crippen molar-refractivity contribution in [1.29, 1.82) is 5.26 Å². The molecule has 0 fully saturated rings. The van der Waals surface area contributed by atoms with E-state index in [0.29, 0.717) is 22.7 Å². The first kappa shape index (κ1) is 17.5. The van der Waals surface area contributed by atoms with Gasteiger partial charge in [0.25, 0.3) is 5.91 Å². The second-order valence-corrected chi connectivity index (χ2v) is 6.53. The van der Waals surface area contributed by atoms with Crippen molar-refractivity contribution in [1.82, 2.24) is 0 Å². The highest BCUT2D eigenvalue weighted by Gasteiger charge is 2.40. The maximum absolute atomic E-state index is 12.7. The van der Waals surface area contributed by atoms with Crippen LogP contribution in [0.1, 0.15) is 25.8 Å². The molecule has 2 aromatic rings. The first-order valence-corrected chi connectivity index (χ1v) is 8.31. The molecule has 2 amide bonds. The highest BCUT2D eigenvalue weighted by Crippen LogP contribution is 2.37. The van der Waals surface area contributed by atoms with Crippen LogP contribution in [0.15, 0.2) is 48.5 Å². The largest absolute Gasteiger partial charge is 0.476 e. The summed E-state index contributed by atoms with van der Waals surface area (Å²) in [6.45, 7) is 3.67. The number of hydrogen-bond donors (Lipinski definition) is 1. The fraction of sp³-hybridized carbons (Fsp3) is 0.250. The minimum absolute atomic E-state index is 0.132. The van der Waals surface area contributed by atoms with Crippen LogP contribution in [-0.4, -0.2) is 24.0 Å². The summed E-state index contributed by atoms with van der Waals surface area (Å²) in [6, 6.07) is 16.0. The molecule has 6 nitrogen and oxygen atoms in total. The number of carbonyl (C=O) groups excluding carboxylic acids is 2. The molecule has 3 rings (SSSR count). The molecular formula is C20H19N3O3. The highest BCUT2D eigenvalue weighted by molar-refractivity contribution is 6.03. The third-order valence-corrected chi connectivity index (χ3v) is 4.12. The maximum Gasteiger partial charge on any atom is 0.270 e. The molecule has 1 N–H and O–H groups in total. The molecule has 0 bridgehead atoms. The third-order valence-electron chi connectivity index (χ3n) is 4.12. The van der Waals surface area contributed by atoms with E-state index in [2.05, 4.69) is 5.32 Å². The average molecular weight is 349 g/mol. The third kappa shape index (κ3) is 3.52. The van der Waals surface area contributed by atoms with Crippen molar-refractivity contribution in [2.45, 2.75) is 25.9 Å². The van der Waals surface area contributed by atoms with E-state index in [1.165, 1.54) is 0 Å². The van der Waals surface area contributed by atoms with E-state index in [1.54, 1.807) is 49.1 Å². The molecule has 6 heteroatoms. The van der Waals surface area contributed by atoms with Crippen LogP contribution in [0.5, 0.6) is 5.75 Å². The lowest BCUT2D eigenvalue weighted by Gasteiger charge is -2.38. The fourth-order valence-electron chi connectivity index (χ4n) is 2.84. The molecule has 1 aliphatic rings. The molecule has 1 aliphatic heterocycles. The van der Waals surface area contributed by atoms with Crippen LogP contribution in [0.4, 0.5) is 11.4 Å². The van der Waals surface area contributed by atoms with Crippen molar-refractivity contribution in [3.8, 4) is 11.8 Å². The number of hydrogen-bond acceptors (Lipinski definition) is 4. The summed E-state index contributed by atoms with van der Waals surface area (Å²) in [5.74, 6) is 0.212. The molecule has 1 heterocycles. The van der Waals surface area contributed by atoms with E-state index in [0.717, 1.165) is 0 Å². The van der Waals surface area contributed by atoms with E-state index in [1.807, 2.05) is 24.3 Å². The standard InChI is InChI=1S/C20H19N3O3/c1-20(2)19(25)23(16-8-3-4-9-17(16)26-20)11-10-18(24)22-15-7-5-6-14(12-15)13-21/h3-9,12H,10-11H2,1-2H3,(H,22,24). The predicted molar refractivity (Wildman–Crippen MR) is 97.9 cm³/mol. The number of benzene rings is 2. The first-order chi connectivity index (χ1) is 12.4. The van der Waals surface area contributed by atoms with Gasteiger partial charge in [0.05, 0.1) is 17.3 Å². The number of nitrogens with zero attached hydrogens (tertiary/aromatic N) is 2. The van der Waals surface area contributed by atoms with E-state index >= 15 is 0 Å². The zero-order chi connectivity index (χ0) is 18.7. The molecule has 0 aliphatic carbocycles. The monoisotopic (exact) mass is 349 g/mol. The summed E-state index contributed by atoms with van der Waals surface area (Å²) in [6.07, 6.45) is 0.132. The van der Waals surface area contributed by atoms with Crippen LogP contribution in [0, 0.1) is 11.3 Å². The summed E-state index contributed by atoms with van der Waals surface area (Å²) in [5.41, 5.74) is 0.715. The van der Waals surface area contributed by atoms with Crippen molar-refractivity contribution >= 4 is 23.2 Å². The minimum Gasteiger partial charge on any atom is -0.476 e. The van der Waals surface area contributed by atoms with Gasteiger partial charge in [-0.3, -0.25) is 9.59 Å². The van der Waals surface area contributed by atoms with Crippen molar-refractivity contribution < 1.29 is 14.3 Å². The van der Waals surface area contributed by atoms with Crippen molar-refractivity contribution in [3.63, 3.8) is 0 Å². The number of ether oxygens (including phenoxy) is 1. The molecule has 0 saturated carbocycles. The molecule has 26 heavy (non-hydrogen) atoms. The average Bonchev–Trinajstić information content (AvgIpc) is 2.62. The topological polar surface area (TPSA) is 82.4 Å². The Morgan fingerprint density at radius 3 is 2.77 bits per heavy atom. The maximum atomic E-state index is 12.7. The normalized spacial score (nSPS) is 14.8. The number of fused-ring (bicyclic) bond motifs is 1. The Kier molecular flexibility index (Phi) is 4.63. The Morgan fingerprint density at radius 2 is 2.00 bits per heavy atom. The van der Waals surface area contributed by atoms with Gasteiger partial charge in [0.2, 0.25) is 5.91 Å². The first-order valence-electron chi connectivity index (χ1n) is 8.31. The number of amides is 2. The molecule has 0 aromatic heterocycles. The van der Waals surface area contributed by atoms with Gasteiger partial charge in [-0.25, -0.2) is 0 Å². The van der Waals surface area contributed by atoms with Crippen LogP contribution in [-0.2, 0) is 9.59 Å². The lowest BCUT2D eigenvalue weighted by atomic mass is 10.0. The Hall–Kier alpha value is -3.33. The van der Waals surface area contributed by atoms with Gasteiger partial charge in [0.15, 0.2) is 5.60 Å². The second-order valence-electron chi connectivity index (χ2n) is 6.53. The van der Waals surface area contributed by atoms with Gasteiger partial charge in [-0.05, 0) is 44.2 Å². The molecule has 132 valence electrons. The van der Waals surface area contributed by atoms with E-state index in [4.69, 9.17) is 10.00 Å². The molecule has 0 radical (unpaired) electrons. The van der Waals surface area contributed by atoms with Gasteiger partial charge in [-0.2, -0.15) is 5.26 Å². The lowest BCUT2D eigenvalue weighted by molar-refractivity contribution is -0.132. The Balaban J connectivity index is 1.71. The summed E-state index contributed by atoms with van der Waals surface area (Å²) >= 11 is 0. The number of para-hydroxylation sites is 2. The van der Waals surface area contributed by atoms with E-state index in [-0.39, 0.29) is 24.8 Å². The number of anilines is 2. The summed E-state index contributed by atoms with van der Waals surface area (Å²) in [5, 5.41) is 11.7. The number of rotatable bonds is 4. The van der Waals surface area contributed by atoms with E-state index < -0.39 is 5.60 Å². The van der Waals surface area contributed by atoms with Gasteiger partial charge < -0.3 is 15.0 Å². The molecule has 0 atom stereocenters. The van der Waals surface area contributed by atoms with Gasteiger partial charge in [0, 0.05) is 18.7 Å². The quantitative estimate of drug-likeness (QED) is 0.919. The number of carbonyl (C=O) groups is 2. The van der Waals surface area contributed by atoms with Crippen molar-refractivity contribution in [3.05, 3.63) is 54.1 Å². The molecule has 0 saturated heterocycles. The molecule has 2 aromatic carbocycles. The smallest absolute Gasteiger partial charge is 0.270 e. The Labute approximate surface area is 152 Å². The summed E-state index contributed by atoms with van der Waals surface area (Å²) < 4.78 is 5.77. The van der Waals surface area contributed by atoms with Crippen molar-refractivity contribution in [2.24, 2.45) is 0 Å². The van der Waals surface area contributed by atoms with Crippen LogP contribution < -0.4 is 15.0 Å². The highest BCUT2D eigenvalue weighted by atomic mass is 16.5. The molecular weight excluding hydrogens is 330 g/mol. The SMILES string of the molecule is CC1(C)Oc2ccccc2N(CCC(=O)Nc2cccc(C#N)c2)C1=O. The van der Waals surface area contributed by atoms with Gasteiger partial charge in [-0.15, -0.1) is 0 Å². The zero-order valence-electron chi connectivity index (χ0n) is 14.7. The van der Waals surface area contributed by atoms with Crippen LogP contribution in [0.25, 0.3) is 0 Å². The molecule has 0 spiro atoms. The Bertz CT molecular complexity index is 899. The fourth-order valence-corrected chi connectivity index (χ4v) is 2.84. The molecule has 0 unspecified atom stereocenters. The van der Waals surface area contributed by atoms with E-state index in [9.17, 15) is 9.59 Å². The van der Waals surface area contributed by atoms with Crippen molar-refractivity contribution in [2.75, 3.05) is 16.8 Å². The zero-order valence-corrected chi connectivity index (χ0v) is 14.7. The number of nitriles is 1. The van der Waals surface area contributed by atoms with Gasteiger partial charge >= 0.3 is 0 Å². The van der Waals surface area contributed by atoms with Gasteiger partial charge in [0.1, 0.15) is 5.75 Å².